The molecule has 0 amide bonds. The number of para-hydroxylation sites is 1. The largest absolute Gasteiger partial charge is 0.487 e. The molecule has 2 aromatic carbocycles. The summed E-state index contributed by atoms with van der Waals surface area (Å²) in [5, 5.41) is 3.76. The predicted molar refractivity (Wildman–Crippen MR) is 87.2 cm³/mol. The van der Waals surface area contributed by atoms with Gasteiger partial charge in [0.1, 0.15) is 12.4 Å². The quantitative estimate of drug-likeness (QED) is 0.727. The maximum atomic E-state index is 6.06. The molecular formula is C14H12Br2ClNO. The third-order valence-corrected chi connectivity index (χ3v) is 4.02. The Balaban J connectivity index is 2.16. The van der Waals surface area contributed by atoms with E-state index in [-0.39, 0.29) is 0 Å². The molecule has 0 unspecified atom stereocenters. The van der Waals surface area contributed by atoms with Crippen molar-refractivity contribution >= 4 is 49.1 Å². The van der Waals surface area contributed by atoms with Crippen molar-refractivity contribution in [2.45, 2.75) is 6.61 Å². The van der Waals surface area contributed by atoms with Crippen molar-refractivity contribution in [3.8, 4) is 5.75 Å². The number of benzene rings is 2. The highest BCUT2D eigenvalue weighted by Gasteiger charge is 2.07. The second-order valence-electron chi connectivity index (χ2n) is 3.94. The Labute approximate surface area is 134 Å². The van der Waals surface area contributed by atoms with Gasteiger partial charge >= 0.3 is 0 Å². The molecule has 0 spiro atoms. The summed E-state index contributed by atoms with van der Waals surface area (Å²) in [6, 6.07) is 11.6. The summed E-state index contributed by atoms with van der Waals surface area (Å²) in [5.74, 6) is 0.786. The molecule has 0 saturated carbocycles. The molecule has 0 radical (unpaired) electrons. The van der Waals surface area contributed by atoms with E-state index in [1.807, 2.05) is 43.4 Å². The molecule has 0 aromatic heterocycles. The SMILES string of the molecule is CNc1cc(Cl)cc(COc2c(Br)cccc2Br)c1. The lowest BCUT2D eigenvalue weighted by Crippen LogP contribution is -1.98. The van der Waals surface area contributed by atoms with Gasteiger partial charge in [0.25, 0.3) is 0 Å². The molecule has 2 aromatic rings. The maximum Gasteiger partial charge on any atom is 0.148 e. The first kappa shape index (κ1) is 14.7. The van der Waals surface area contributed by atoms with E-state index in [1.165, 1.54) is 0 Å². The van der Waals surface area contributed by atoms with Crippen molar-refractivity contribution in [3.05, 3.63) is 55.9 Å². The van der Waals surface area contributed by atoms with Crippen molar-refractivity contribution in [2.75, 3.05) is 12.4 Å². The minimum atomic E-state index is 0.455. The fraction of sp³-hybridized carbons (Fsp3) is 0.143. The van der Waals surface area contributed by atoms with E-state index in [0.717, 1.165) is 25.9 Å². The smallest absolute Gasteiger partial charge is 0.148 e. The highest BCUT2D eigenvalue weighted by atomic mass is 79.9. The zero-order chi connectivity index (χ0) is 13.8. The van der Waals surface area contributed by atoms with Crippen LogP contribution in [0.3, 0.4) is 0 Å². The summed E-state index contributed by atoms with van der Waals surface area (Å²) in [5.41, 5.74) is 1.98. The average molecular weight is 406 g/mol. The van der Waals surface area contributed by atoms with Gasteiger partial charge in [0.15, 0.2) is 0 Å². The molecular weight excluding hydrogens is 393 g/mol. The first-order valence-corrected chi connectivity index (χ1v) is 7.60. The standard InChI is InChI=1S/C14H12Br2ClNO/c1-18-11-6-9(5-10(17)7-11)8-19-14-12(15)3-2-4-13(14)16/h2-7,18H,8H2,1H3. The summed E-state index contributed by atoms with van der Waals surface area (Å²) in [6.45, 7) is 0.455. The molecule has 0 aliphatic heterocycles. The Morgan fingerprint density at radius 2 is 1.84 bits per heavy atom. The second-order valence-corrected chi connectivity index (χ2v) is 6.08. The normalized spacial score (nSPS) is 10.3. The van der Waals surface area contributed by atoms with Crippen LogP contribution in [-0.4, -0.2) is 7.05 Å². The first-order valence-electron chi connectivity index (χ1n) is 5.64. The van der Waals surface area contributed by atoms with Gasteiger partial charge in [-0.2, -0.15) is 0 Å². The molecule has 100 valence electrons. The minimum Gasteiger partial charge on any atom is -0.487 e. The topological polar surface area (TPSA) is 21.3 Å². The van der Waals surface area contributed by atoms with E-state index in [0.29, 0.717) is 11.6 Å². The molecule has 5 heteroatoms. The first-order chi connectivity index (χ1) is 9.10. The number of anilines is 1. The minimum absolute atomic E-state index is 0.455. The lowest BCUT2D eigenvalue weighted by atomic mass is 10.2. The Morgan fingerprint density at radius 3 is 2.47 bits per heavy atom. The van der Waals surface area contributed by atoms with Crippen LogP contribution in [0.4, 0.5) is 5.69 Å². The van der Waals surface area contributed by atoms with Gasteiger partial charge in [-0.1, -0.05) is 17.7 Å². The summed E-state index contributed by atoms with van der Waals surface area (Å²) in [7, 11) is 1.86. The molecule has 1 N–H and O–H groups in total. The summed E-state index contributed by atoms with van der Waals surface area (Å²) in [6.07, 6.45) is 0. The lowest BCUT2D eigenvalue weighted by Gasteiger charge is -2.11. The van der Waals surface area contributed by atoms with Crippen LogP contribution in [0.2, 0.25) is 5.02 Å². The lowest BCUT2D eigenvalue weighted by molar-refractivity contribution is 0.302. The third kappa shape index (κ3) is 3.88. The molecule has 0 aliphatic rings. The van der Waals surface area contributed by atoms with Crippen LogP contribution in [0.25, 0.3) is 0 Å². The number of nitrogens with one attached hydrogen (secondary N) is 1. The molecule has 19 heavy (non-hydrogen) atoms. The fourth-order valence-corrected chi connectivity index (χ4v) is 3.14. The van der Waals surface area contributed by atoms with Crippen LogP contribution in [0.5, 0.6) is 5.75 Å². The van der Waals surface area contributed by atoms with Crippen LogP contribution in [0, 0.1) is 0 Å². The van der Waals surface area contributed by atoms with Crippen LogP contribution < -0.4 is 10.1 Å². The fourth-order valence-electron chi connectivity index (χ4n) is 1.65. The number of rotatable bonds is 4. The van der Waals surface area contributed by atoms with Crippen LogP contribution in [-0.2, 0) is 6.61 Å². The van der Waals surface area contributed by atoms with E-state index in [2.05, 4.69) is 37.2 Å². The Hall–Kier alpha value is -0.710. The van der Waals surface area contributed by atoms with Gasteiger partial charge in [0, 0.05) is 17.8 Å². The van der Waals surface area contributed by atoms with E-state index < -0.39 is 0 Å². The molecule has 0 bridgehead atoms. The molecule has 0 atom stereocenters. The Morgan fingerprint density at radius 1 is 1.16 bits per heavy atom. The van der Waals surface area contributed by atoms with Gasteiger partial charge in [-0.15, -0.1) is 0 Å². The van der Waals surface area contributed by atoms with E-state index >= 15 is 0 Å². The molecule has 2 nitrogen and oxygen atoms in total. The number of hydrogen-bond acceptors (Lipinski definition) is 2. The van der Waals surface area contributed by atoms with Gasteiger partial charge in [-0.3, -0.25) is 0 Å². The van der Waals surface area contributed by atoms with E-state index in [4.69, 9.17) is 16.3 Å². The Bertz CT molecular complexity index is 569. The molecule has 2 rings (SSSR count). The number of hydrogen-bond donors (Lipinski definition) is 1. The van der Waals surface area contributed by atoms with Gasteiger partial charge < -0.3 is 10.1 Å². The van der Waals surface area contributed by atoms with Crippen LogP contribution in [0.15, 0.2) is 45.3 Å². The second kappa shape index (κ2) is 6.64. The van der Waals surface area contributed by atoms with Gasteiger partial charge in [-0.05, 0) is 67.8 Å². The highest BCUT2D eigenvalue weighted by molar-refractivity contribution is 9.11. The van der Waals surface area contributed by atoms with Gasteiger partial charge in [0.2, 0.25) is 0 Å². The van der Waals surface area contributed by atoms with Crippen LogP contribution >= 0.6 is 43.5 Å². The number of halogens is 3. The Kier molecular flexibility index (Phi) is 5.13. The van der Waals surface area contributed by atoms with Gasteiger partial charge in [0.05, 0.1) is 8.95 Å². The van der Waals surface area contributed by atoms with Crippen molar-refractivity contribution in [2.24, 2.45) is 0 Å². The molecule has 0 heterocycles. The van der Waals surface area contributed by atoms with Crippen molar-refractivity contribution in [1.29, 1.82) is 0 Å². The van der Waals surface area contributed by atoms with Crippen molar-refractivity contribution in [1.82, 2.24) is 0 Å². The van der Waals surface area contributed by atoms with Crippen LogP contribution in [0.1, 0.15) is 5.56 Å². The molecule has 0 aliphatic carbocycles. The van der Waals surface area contributed by atoms with E-state index in [1.54, 1.807) is 0 Å². The highest BCUT2D eigenvalue weighted by Crippen LogP contribution is 2.33. The zero-order valence-corrected chi connectivity index (χ0v) is 14.1. The van der Waals surface area contributed by atoms with E-state index in [9.17, 15) is 0 Å². The predicted octanol–water partition coefficient (Wildman–Crippen LogP) is 5.49. The maximum absolute atomic E-state index is 6.06. The molecule has 0 saturated heterocycles. The van der Waals surface area contributed by atoms with Crippen molar-refractivity contribution in [3.63, 3.8) is 0 Å². The zero-order valence-electron chi connectivity index (χ0n) is 10.2. The summed E-state index contributed by atoms with van der Waals surface area (Å²) in [4.78, 5) is 0. The number of ether oxygens (including phenoxy) is 1. The average Bonchev–Trinajstić information content (AvgIpc) is 2.37. The van der Waals surface area contributed by atoms with Gasteiger partial charge in [-0.25, -0.2) is 0 Å². The third-order valence-electron chi connectivity index (χ3n) is 2.55. The summed E-state index contributed by atoms with van der Waals surface area (Å²) >= 11 is 13.0. The summed E-state index contributed by atoms with van der Waals surface area (Å²) < 4.78 is 7.66. The van der Waals surface area contributed by atoms with Crippen molar-refractivity contribution < 1.29 is 4.74 Å². The molecule has 0 fully saturated rings. The monoisotopic (exact) mass is 403 g/mol.